The first-order valence-corrected chi connectivity index (χ1v) is 10.1. The van der Waals surface area contributed by atoms with E-state index < -0.39 is 17.5 Å². The summed E-state index contributed by atoms with van der Waals surface area (Å²) in [5.41, 5.74) is -0.540. The van der Waals surface area contributed by atoms with Crippen molar-refractivity contribution in [1.29, 1.82) is 0 Å². The van der Waals surface area contributed by atoms with E-state index in [4.69, 9.17) is 13.9 Å². The molecule has 2 saturated carbocycles. The summed E-state index contributed by atoms with van der Waals surface area (Å²) in [7, 11) is 0. The van der Waals surface area contributed by atoms with Crippen molar-refractivity contribution < 1.29 is 28.3 Å². The summed E-state index contributed by atoms with van der Waals surface area (Å²) in [5, 5.41) is 0. The van der Waals surface area contributed by atoms with Crippen LogP contribution in [0.2, 0.25) is 0 Å². The van der Waals surface area contributed by atoms with Gasteiger partial charge in [-0.2, -0.15) is 0 Å². The van der Waals surface area contributed by atoms with Gasteiger partial charge in [0.25, 0.3) is 0 Å². The minimum atomic E-state index is -0.921. The number of Topliss-reactive ketones (excluding diaryl/α,β-unsaturated/α-hetero) is 1. The molecule has 0 radical (unpaired) electrons. The van der Waals surface area contributed by atoms with Gasteiger partial charge in [-0.3, -0.25) is 14.4 Å². The molecule has 0 unspecified atom stereocenters. The van der Waals surface area contributed by atoms with E-state index in [2.05, 4.69) is 20.8 Å². The van der Waals surface area contributed by atoms with Gasteiger partial charge in [0.15, 0.2) is 6.10 Å². The molecule has 1 aromatic rings. The van der Waals surface area contributed by atoms with Crippen LogP contribution in [0.5, 0.6) is 0 Å². The van der Waals surface area contributed by atoms with E-state index in [0.29, 0.717) is 12.0 Å². The molecule has 0 bridgehead atoms. The van der Waals surface area contributed by atoms with Crippen molar-refractivity contribution in [2.75, 3.05) is 0 Å². The SMILES string of the molecule is CC(=O)O[C@@H](C(=O)c1ccoc1)[C@]1(C)[C@H]2CCC[C@H]3C(=O)O[C@@H](C[C@H]1C)[C@]23C. The van der Waals surface area contributed by atoms with Crippen LogP contribution in [0, 0.1) is 28.6 Å². The monoisotopic (exact) mass is 388 g/mol. The molecule has 0 spiro atoms. The molecule has 3 aliphatic rings. The topological polar surface area (TPSA) is 82.8 Å². The van der Waals surface area contributed by atoms with Gasteiger partial charge in [-0.1, -0.05) is 27.2 Å². The average Bonchev–Trinajstić information content (AvgIpc) is 3.25. The van der Waals surface area contributed by atoms with Crippen molar-refractivity contribution in [1.82, 2.24) is 0 Å². The highest BCUT2D eigenvalue weighted by molar-refractivity contribution is 6.00. The molecule has 6 heteroatoms. The highest BCUT2D eigenvalue weighted by Gasteiger charge is 2.69. The Morgan fingerprint density at radius 2 is 2.04 bits per heavy atom. The van der Waals surface area contributed by atoms with Crippen molar-refractivity contribution in [3.05, 3.63) is 24.2 Å². The number of carbonyl (C=O) groups excluding carboxylic acids is 3. The van der Waals surface area contributed by atoms with Gasteiger partial charge in [-0.15, -0.1) is 0 Å². The zero-order chi connectivity index (χ0) is 20.3. The number of ketones is 1. The highest BCUT2D eigenvalue weighted by atomic mass is 16.6. The summed E-state index contributed by atoms with van der Waals surface area (Å²) in [6.07, 6.45) is 5.06. The lowest BCUT2D eigenvalue weighted by molar-refractivity contribution is -0.184. The fourth-order valence-corrected chi connectivity index (χ4v) is 6.39. The van der Waals surface area contributed by atoms with Crippen molar-refractivity contribution >= 4 is 17.7 Å². The molecule has 1 aliphatic heterocycles. The second-order valence-electron chi connectivity index (χ2n) is 9.20. The molecule has 2 heterocycles. The predicted molar refractivity (Wildman–Crippen MR) is 99.3 cm³/mol. The molecule has 1 aromatic heterocycles. The molecular weight excluding hydrogens is 360 g/mol. The molecule has 2 aliphatic carbocycles. The Balaban J connectivity index is 1.81. The van der Waals surface area contributed by atoms with Crippen LogP contribution in [0.4, 0.5) is 0 Å². The summed E-state index contributed by atoms with van der Waals surface area (Å²) in [5.74, 6) is -0.898. The van der Waals surface area contributed by atoms with Crippen molar-refractivity contribution in [2.24, 2.45) is 28.6 Å². The molecule has 7 atom stereocenters. The lowest BCUT2D eigenvalue weighted by Gasteiger charge is -2.60. The van der Waals surface area contributed by atoms with Gasteiger partial charge in [-0.25, -0.2) is 0 Å². The van der Waals surface area contributed by atoms with E-state index in [1.165, 1.54) is 19.5 Å². The average molecular weight is 388 g/mol. The van der Waals surface area contributed by atoms with E-state index in [1.807, 2.05) is 0 Å². The number of carbonyl (C=O) groups is 3. The molecule has 28 heavy (non-hydrogen) atoms. The molecule has 0 N–H and O–H groups in total. The maximum absolute atomic E-state index is 13.4. The third-order valence-electron chi connectivity index (χ3n) is 8.00. The Hall–Kier alpha value is -2.11. The first-order valence-electron chi connectivity index (χ1n) is 10.1. The van der Waals surface area contributed by atoms with Crippen LogP contribution >= 0.6 is 0 Å². The molecule has 0 aromatic carbocycles. The third-order valence-corrected chi connectivity index (χ3v) is 8.00. The lowest BCUT2D eigenvalue weighted by atomic mass is 9.43. The lowest BCUT2D eigenvalue weighted by Crippen LogP contribution is -2.62. The first-order chi connectivity index (χ1) is 13.2. The van der Waals surface area contributed by atoms with Gasteiger partial charge in [0.2, 0.25) is 5.78 Å². The predicted octanol–water partition coefficient (Wildman–Crippen LogP) is 3.79. The van der Waals surface area contributed by atoms with Crippen molar-refractivity contribution in [2.45, 2.75) is 65.6 Å². The number of rotatable bonds is 4. The summed E-state index contributed by atoms with van der Waals surface area (Å²) in [6, 6.07) is 1.60. The largest absolute Gasteiger partial charge is 0.472 e. The van der Waals surface area contributed by atoms with Gasteiger partial charge in [-0.05, 0) is 37.2 Å². The molecule has 0 amide bonds. The van der Waals surface area contributed by atoms with E-state index in [9.17, 15) is 14.4 Å². The van der Waals surface area contributed by atoms with Crippen LogP contribution in [-0.2, 0) is 19.1 Å². The van der Waals surface area contributed by atoms with Crippen LogP contribution in [0.1, 0.15) is 63.7 Å². The standard InChI is InChI=1S/C22H28O6/c1-12-10-17-22(4)15(20(25)28-17)6-5-7-16(22)21(12,3)19(27-13(2)23)18(24)14-8-9-26-11-14/h8-9,11-12,15-17,19H,5-7,10H2,1-4H3/t12-,15+,16-,17+,19+,21+,22+/m1/s1. The second-order valence-corrected chi connectivity index (χ2v) is 9.20. The van der Waals surface area contributed by atoms with Gasteiger partial charge in [0, 0.05) is 17.8 Å². The summed E-state index contributed by atoms with van der Waals surface area (Å²) in [4.78, 5) is 37.9. The van der Waals surface area contributed by atoms with Crippen molar-refractivity contribution in [3.63, 3.8) is 0 Å². The van der Waals surface area contributed by atoms with E-state index >= 15 is 0 Å². The van der Waals surface area contributed by atoms with Gasteiger partial charge >= 0.3 is 11.9 Å². The Morgan fingerprint density at radius 3 is 2.68 bits per heavy atom. The normalized spacial score (nSPS) is 40.4. The molecular formula is C22H28O6. The maximum Gasteiger partial charge on any atom is 0.309 e. The zero-order valence-electron chi connectivity index (χ0n) is 16.9. The minimum Gasteiger partial charge on any atom is -0.472 e. The van der Waals surface area contributed by atoms with Gasteiger partial charge < -0.3 is 13.9 Å². The maximum atomic E-state index is 13.4. The molecule has 152 valence electrons. The number of ether oxygens (including phenoxy) is 2. The molecule has 3 fully saturated rings. The summed E-state index contributed by atoms with van der Waals surface area (Å²) in [6.45, 7) is 7.60. The summed E-state index contributed by atoms with van der Waals surface area (Å²) >= 11 is 0. The van der Waals surface area contributed by atoms with E-state index in [-0.39, 0.29) is 41.0 Å². The van der Waals surface area contributed by atoms with E-state index in [1.54, 1.807) is 6.07 Å². The fraction of sp³-hybridized carbons (Fsp3) is 0.682. The quantitative estimate of drug-likeness (QED) is 0.576. The molecule has 6 nitrogen and oxygen atoms in total. The second kappa shape index (κ2) is 6.46. The minimum absolute atomic E-state index is 0.0409. The molecule has 4 rings (SSSR count). The number of esters is 2. The van der Waals surface area contributed by atoms with Crippen LogP contribution in [0.25, 0.3) is 0 Å². The van der Waals surface area contributed by atoms with Crippen LogP contribution in [0.15, 0.2) is 23.0 Å². The highest BCUT2D eigenvalue weighted by Crippen LogP contribution is 2.66. The van der Waals surface area contributed by atoms with Gasteiger partial charge in [0.05, 0.1) is 17.7 Å². The zero-order valence-corrected chi connectivity index (χ0v) is 16.9. The van der Waals surface area contributed by atoms with Crippen LogP contribution in [-0.4, -0.2) is 29.9 Å². The van der Waals surface area contributed by atoms with Gasteiger partial charge in [0.1, 0.15) is 12.4 Å². The smallest absolute Gasteiger partial charge is 0.309 e. The number of hydrogen-bond donors (Lipinski definition) is 0. The van der Waals surface area contributed by atoms with Crippen LogP contribution in [0.3, 0.4) is 0 Å². The van der Waals surface area contributed by atoms with Crippen LogP contribution < -0.4 is 0 Å². The Kier molecular flexibility index (Phi) is 4.43. The van der Waals surface area contributed by atoms with E-state index in [0.717, 1.165) is 19.3 Å². The Morgan fingerprint density at radius 1 is 1.29 bits per heavy atom. The Bertz CT molecular complexity index is 798. The number of hydrogen-bond acceptors (Lipinski definition) is 6. The first kappa shape index (κ1) is 19.2. The number of furan rings is 1. The fourth-order valence-electron chi connectivity index (χ4n) is 6.39. The molecule has 1 saturated heterocycles. The third kappa shape index (κ3) is 2.49. The summed E-state index contributed by atoms with van der Waals surface area (Å²) < 4.78 is 16.6. The van der Waals surface area contributed by atoms with Crippen molar-refractivity contribution in [3.8, 4) is 0 Å². The Labute approximate surface area is 164 Å².